The number of primary amides is 2. The molecule has 6 N–H and O–H groups in total. The smallest absolute Gasteiger partial charge is 0.481 e. The molecule has 0 atom stereocenters. The van der Waals surface area contributed by atoms with Gasteiger partial charge >= 0.3 is 24.1 Å². The highest BCUT2D eigenvalue weighted by atomic mass is 19.4. The van der Waals surface area contributed by atoms with E-state index >= 15 is 0 Å². The van der Waals surface area contributed by atoms with E-state index in [2.05, 4.69) is 11.5 Å². The van der Waals surface area contributed by atoms with Gasteiger partial charge in [0.25, 0.3) is 0 Å². The van der Waals surface area contributed by atoms with Crippen LogP contribution in [0.5, 0.6) is 0 Å². The molecule has 7 nitrogen and oxygen atoms in total. The van der Waals surface area contributed by atoms with Crippen LogP contribution in [0.25, 0.3) is 0 Å². The largest absolute Gasteiger partial charge is 0.490 e. The number of aliphatic carboxylic acids is 2. The van der Waals surface area contributed by atoms with Gasteiger partial charge in [-0.3, -0.25) is 4.79 Å². The molecule has 10 heteroatoms. The minimum absolute atomic E-state index is 0.292. The van der Waals surface area contributed by atoms with E-state index in [0.717, 1.165) is 6.42 Å². The topological polar surface area (TPSA) is 144 Å². The lowest BCUT2D eigenvalue weighted by atomic mass is 10.4. The summed E-state index contributed by atoms with van der Waals surface area (Å²) >= 11 is 0. The Balaban J connectivity index is -0.000000180. The van der Waals surface area contributed by atoms with Crippen molar-refractivity contribution in [1.29, 1.82) is 0 Å². The van der Waals surface area contributed by atoms with Crippen molar-refractivity contribution < 1.29 is 37.8 Å². The first-order chi connectivity index (χ1) is 7.45. The molecule has 0 aromatic carbocycles. The predicted octanol–water partition coefficient (Wildman–Crippen LogP) is 0.528. The lowest BCUT2D eigenvalue weighted by Crippen LogP contribution is -2.21. The van der Waals surface area contributed by atoms with Crippen LogP contribution >= 0.6 is 0 Å². The molecule has 0 bridgehead atoms. The average molecular weight is 262 g/mol. The summed E-state index contributed by atoms with van der Waals surface area (Å²) < 4.78 is 31.7. The van der Waals surface area contributed by atoms with Gasteiger partial charge in [-0.05, 0) is 6.42 Å². The van der Waals surface area contributed by atoms with Gasteiger partial charge in [-0.15, -0.1) is 0 Å². The molecule has 0 saturated carbocycles. The first-order valence-electron chi connectivity index (χ1n) is 4.01. The second-order valence-corrected chi connectivity index (χ2v) is 2.35. The van der Waals surface area contributed by atoms with Crippen LogP contribution in [0.4, 0.5) is 18.0 Å². The van der Waals surface area contributed by atoms with Gasteiger partial charge < -0.3 is 21.7 Å². The Kier molecular flexibility index (Phi) is 12.6. The van der Waals surface area contributed by atoms with Gasteiger partial charge in [-0.2, -0.15) is 13.2 Å². The van der Waals surface area contributed by atoms with Crippen molar-refractivity contribution in [2.75, 3.05) is 0 Å². The van der Waals surface area contributed by atoms with Crippen LogP contribution in [0.3, 0.4) is 0 Å². The maximum atomic E-state index is 10.6. The molecular formula is C7H13F3N2O5. The highest BCUT2D eigenvalue weighted by Gasteiger charge is 2.38. The van der Waals surface area contributed by atoms with Crippen molar-refractivity contribution >= 4 is 18.0 Å². The fraction of sp³-hybridized carbons (Fsp3) is 0.571. The molecule has 0 radical (unpaired) electrons. The molecule has 0 rings (SSSR count). The fourth-order valence-electron chi connectivity index (χ4n) is 0.214. The number of alkyl halides is 3. The van der Waals surface area contributed by atoms with Crippen molar-refractivity contribution in [2.24, 2.45) is 11.5 Å². The molecule has 0 aromatic heterocycles. The Bertz CT molecular complexity index is 250. The molecular weight excluding hydrogens is 249 g/mol. The molecule has 2 amide bonds. The van der Waals surface area contributed by atoms with Gasteiger partial charge in [0, 0.05) is 6.42 Å². The minimum atomic E-state index is -5.08. The zero-order valence-corrected chi connectivity index (χ0v) is 8.82. The summed E-state index contributed by atoms with van der Waals surface area (Å²) in [6.07, 6.45) is -4.06. The van der Waals surface area contributed by atoms with Crippen molar-refractivity contribution in [3.8, 4) is 0 Å². The van der Waals surface area contributed by atoms with Crippen LogP contribution in [0, 0.1) is 0 Å². The molecule has 0 aromatic rings. The van der Waals surface area contributed by atoms with Gasteiger partial charge in [0.2, 0.25) is 0 Å². The first-order valence-corrected chi connectivity index (χ1v) is 4.01. The van der Waals surface area contributed by atoms with E-state index in [4.69, 9.17) is 19.8 Å². The number of carboxylic acid groups (broad SMARTS) is 2. The van der Waals surface area contributed by atoms with Gasteiger partial charge in [-0.1, -0.05) is 6.92 Å². The van der Waals surface area contributed by atoms with Gasteiger partial charge in [-0.25, -0.2) is 9.59 Å². The number of urea groups is 1. The zero-order valence-electron chi connectivity index (χ0n) is 8.82. The van der Waals surface area contributed by atoms with Crippen LogP contribution in [0.1, 0.15) is 19.8 Å². The summed E-state index contributed by atoms with van der Waals surface area (Å²) in [4.78, 5) is 27.5. The predicted molar refractivity (Wildman–Crippen MR) is 50.0 cm³/mol. The van der Waals surface area contributed by atoms with E-state index in [0.29, 0.717) is 6.42 Å². The van der Waals surface area contributed by atoms with Gasteiger partial charge in [0.15, 0.2) is 0 Å². The summed E-state index contributed by atoms with van der Waals surface area (Å²) in [5.41, 5.74) is 8.50. The Labute approximate surface area is 94.2 Å². The summed E-state index contributed by atoms with van der Waals surface area (Å²) in [5.74, 6) is -3.47. The molecule has 0 saturated heterocycles. The van der Waals surface area contributed by atoms with Crippen LogP contribution in [-0.4, -0.2) is 34.4 Å². The van der Waals surface area contributed by atoms with Crippen molar-refractivity contribution in [3.05, 3.63) is 0 Å². The number of carboxylic acids is 2. The molecule has 0 spiro atoms. The monoisotopic (exact) mass is 262 g/mol. The van der Waals surface area contributed by atoms with Crippen LogP contribution < -0.4 is 11.5 Å². The van der Waals surface area contributed by atoms with Gasteiger partial charge in [0.1, 0.15) is 0 Å². The molecule has 0 fully saturated rings. The molecule has 0 aliphatic heterocycles. The number of nitrogens with two attached hydrogens (primary N) is 2. The number of hydrogen-bond donors (Lipinski definition) is 4. The number of carbonyl (C=O) groups is 3. The van der Waals surface area contributed by atoms with Crippen molar-refractivity contribution in [2.45, 2.75) is 25.9 Å². The Morgan fingerprint density at radius 1 is 1.12 bits per heavy atom. The van der Waals surface area contributed by atoms with E-state index in [9.17, 15) is 18.0 Å². The number of rotatable bonds is 2. The fourth-order valence-corrected chi connectivity index (χ4v) is 0.214. The average Bonchev–Trinajstić information content (AvgIpc) is 2.01. The SMILES string of the molecule is CCCC(=O)O.NC(N)=O.O=C(O)C(F)(F)F. The second kappa shape index (κ2) is 10.5. The van der Waals surface area contributed by atoms with Crippen LogP contribution in [-0.2, 0) is 9.59 Å². The van der Waals surface area contributed by atoms with Crippen LogP contribution in [0.2, 0.25) is 0 Å². The first kappa shape index (κ1) is 20.4. The molecule has 0 heterocycles. The summed E-state index contributed by atoms with van der Waals surface area (Å²) in [6.45, 7) is 1.84. The maximum absolute atomic E-state index is 10.6. The zero-order chi connectivity index (χ0) is 14.6. The third-order valence-electron chi connectivity index (χ3n) is 0.706. The quantitative estimate of drug-likeness (QED) is 0.573. The van der Waals surface area contributed by atoms with E-state index in [1.807, 2.05) is 6.92 Å². The van der Waals surface area contributed by atoms with E-state index < -0.39 is 24.1 Å². The molecule has 0 aliphatic carbocycles. The molecule has 17 heavy (non-hydrogen) atoms. The van der Waals surface area contributed by atoms with Crippen molar-refractivity contribution in [1.82, 2.24) is 0 Å². The maximum Gasteiger partial charge on any atom is 0.490 e. The second-order valence-electron chi connectivity index (χ2n) is 2.35. The number of hydrogen-bond acceptors (Lipinski definition) is 3. The van der Waals surface area contributed by atoms with Crippen LogP contribution in [0.15, 0.2) is 0 Å². The number of halogens is 3. The minimum Gasteiger partial charge on any atom is -0.481 e. The molecule has 0 unspecified atom stereocenters. The normalized spacial score (nSPS) is 8.94. The standard InChI is InChI=1S/C4H8O2.C2HF3O2.CH4N2O/c1-2-3-4(5)6;3-2(4,5)1(6)7;2-1(3)4/h2-3H2,1H3,(H,5,6);(H,6,7);(H4,2,3,4). The van der Waals surface area contributed by atoms with Gasteiger partial charge in [0.05, 0.1) is 0 Å². The summed E-state index contributed by atoms with van der Waals surface area (Å²) in [5, 5.41) is 15.0. The highest BCUT2D eigenvalue weighted by Crippen LogP contribution is 2.13. The molecule has 102 valence electrons. The third kappa shape index (κ3) is 41.1. The lowest BCUT2D eigenvalue weighted by Gasteiger charge is -1.93. The Morgan fingerprint density at radius 3 is 1.35 bits per heavy atom. The lowest BCUT2D eigenvalue weighted by molar-refractivity contribution is -0.192. The Hall–Kier alpha value is -2.00. The van der Waals surface area contributed by atoms with E-state index in [1.54, 1.807) is 0 Å². The summed E-state index contributed by atoms with van der Waals surface area (Å²) in [7, 11) is 0. The Morgan fingerprint density at radius 2 is 1.35 bits per heavy atom. The number of carbonyl (C=O) groups excluding carboxylic acids is 1. The number of amides is 2. The summed E-state index contributed by atoms with van der Waals surface area (Å²) in [6, 6.07) is -0.833. The van der Waals surface area contributed by atoms with E-state index in [-0.39, 0.29) is 0 Å². The highest BCUT2D eigenvalue weighted by molar-refractivity contribution is 5.73. The van der Waals surface area contributed by atoms with E-state index in [1.165, 1.54) is 0 Å². The molecule has 0 aliphatic rings. The van der Waals surface area contributed by atoms with Crippen molar-refractivity contribution in [3.63, 3.8) is 0 Å². The third-order valence-corrected chi connectivity index (χ3v) is 0.706.